The highest BCUT2D eigenvalue weighted by Gasteiger charge is 2.24. The van der Waals surface area contributed by atoms with Crippen molar-refractivity contribution < 1.29 is 18.3 Å². The van der Waals surface area contributed by atoms with Crippen molar-refractivity contribution in [2.45, 2.75) is 0 Å². The minimum atomic E-state index is -3.15. The van der Waals surface area contributed by atoms with Gasteiger partial charge in [0.05, 0.1) is 6.26 Å². The van der Waals surface area contributed by atoms with Gasteiger partial charge in [-0.15, -0.1) is 0 Å². The number of rotatable bonds is 4. The molecule has 0 unspecified atom stereocenters. The first-order valence-corrected chi connectivity index (χ1v) is 8.43. The molecule has 114 valence electrons. The summed E-state index contributed by atoms with van der Waals surface area (Å²) in [5, 5.41) is 8.73. The summed E-state index contributed by atoms with van der Waals surface area (Å²) in [4.78, 5) is 12.7. The number of hydrogen-bond donors (Lipinski definition) is 1. The van der Waals surface area contributed by atoms with Gasteiger partial charge < -0.3 is 10.0 Å². The monoisotopic (exact) mass is 310 g/mol. The van der Waals surface area contributed by atoms with Gasteiger partial charge in [0, 0.05) is 37.9 Å². The topological polar surface area (TPSA) is 77.9 Å². The normalized spacial score (nSPS) is 17.3. The van der Waals surface area contributed by atoms with Crippen molar-refractivity contribution in [3.63, 3.8) is 0 Å². The van der Waals surface area contributed by atoms with E-state index in [0.29, 0.717) is 26.2 Å². The molecule has 0 bridgehead atoms. The Kier molecular flexibility index (Phi) is 4.64. The molecule has 1 fully saturated rings. The number of benzene rings is 1. The fourth-order valence-corrected chi connectivity index (χ4v) is 3.16. The van der Waals surface area contributed by atoms with E-state index >= 15 is 0 Å². The van der Waals surface area contributed by atoms with Gasteiger partial charge in [-0.3, -0.25) is 0 Å². The summed E-state index contributed by atoms with van der Waals surface area (Å²) in [6.07, 6.45) is 3.87. The van der Waals surface area contributed by atoms with E-state index in [2.05, 4.69) is 4.90 Å². The van der Waals surface area contributed by atoms with Crippen LogP contribution in [-0.2, 0) is 14.8 Å². The van der Waals surface area contributed by atoms with Crippen LogP contribution in [0, 0.1) is 0 Å². The molecule has 7 heteroatoms. The van der Waals surface area contributed by atoms with E-state index < -0.39 is 16.0 Å². The molecular weight excluding hydrogens is 292 g/mol. The van der Waals surface area contributed by atoms with Crippen molar-refractivity contribution in [3.8, 4) is 0 Å². The van der Waals surface area contributed by atoms with Crippen LogP contribution in [0.5, 0.6) is 0 Å². The first-order chi connectivity index (χ1) is 9.88. The van der Waals surface area contributed by atoms with E-state index in [1.54, 1.807) is 6.08 Å². The quantitative estimate of drug-likeness (QED) is 0.835. The minimum absolute atomic E-state index is 0.440. The average Bonchev–Trinajstić information content (AvgIpc) is 2.44. The van der Waals surface area contributed by atoms with Gasteiger partial charge >= 0.3 is 5.97 Å². The molecule has 21 heavy (non-hydrogen) atoms. The zero-order chi connectivity index (χ0) is 15.5. The number of anilines is 1. The van der Waals surface area contributed by atoms with Gasteiger partial charge in [0.25, 0.3) is 0 Å². The predicted octanol–water partition coefficient (Wildman–Crippen LogP) is 0.866. The number of carbonyl (C=O) groups is 1. The van der Waals surface area contributed by atoms with E-state index in [1.807, 2.05) is 24.3 Å². The highest BCUT2D eigenvalue weighted by molar-refractivity contribution is 7.88. The molecule has 2 rings (SSSR count). The fourth-order valence-electron chi connectivity index (χ4n) is 2.34. The highest BCUT2D eigenvalue weighted by atomic mass is 32.2. The van der Waals surface area contributed by atoms with E-state index in [9.17, 15) is 13.2 Å². The van der Waals surface area contributed by atoms with E-state index in [4.69, 9.17) is 5.11 Å². The molecule has 0 aromatic heterocycles. The summed E-state index contributed by atoms with van der Waals surface area (Å²) in [7, 11) is -3.15. The van der Waals surface area contributed by atoms with Crippen molar-refractivity contribution in [2.24, 2.45) is 0 Å². The first kappa shape index (κ1) is 15.5. The number of carboxylic acids is 1. The molecule has 1 heterocycles. The number of carboxylic acid groups (broad SMARTS) is 1. The summed E-state index contributed by atoms with van der Waals surface area (Å²) in [6.45, 7) is 2.06. The number of hydrogen-bond acceptors (Lipinski definition) is 4. The van der Waals surface area contributed by atoms with E-state index in [-0.39, 0.29) is 0 Å². The second-order valence-electron chi connectivity index (χ2n) is 4.88. The fraction of sp³-hybridized carbons (Fsp3) is 0.357. The Morgan fingerprint density at radius 3 is 2.38 bits per heavy atom. The Morgan fingerprint density at radius 2 is 1.81 bits per heavy atom. The highest BCUT2D eigenvalue weighted by Crippen LogP contribution is 2.23. The zero-order valence-corrected chi connectivity index (χ0v) is 12.6. The lowest BCUT2D eigenvalue weighted by Crippen LogP contribution is -2.48. The molecule has 1 saturated heterocycles. The van der Waals surface area contributed by atoms with Crippen LogP contribution in [0.2, 0.25) is 0 Å². The molecule has 1 aliphatic heterocycles. The summed E-state index contributed by atoms with van der Waals surface area (Å²) >= 11 is 0. The molecule has 6 nitrogen and oxygen atoms in total. The van der Waals surface area contributed by atoms with Gasteiger partial charge in [-0.25, -0.2) is 13.2 Å². The number of nitrogens with zero attached hydrogens (tertiary/aromatic N) is 2. The van der Waals surface area contributed by atoms with Gasteiger partial charge in [-0.2, -0.15) is 4.31 Å². The summed E-state index contributed by atoms with van der Waals surface area (Å²) in [5.74, 6) is -0.994. The SMILES string of the molecule is CS(=O)(=O)N1CCN(c2ccccc2C=CC(=O)O)CC1. The van der Waals surface area contributed by atoms with Crippen LogP contribution < -0.4 is 4.90 Å². The molecule has 0 atom stereocenters. The van der Waals surface area contributed by atoms with E-state index in [0.717, 1.165) is 17.3 Å². The molecule has 1 N–H and O–H groups in total. The molecule has 0 spiro atoms. The van der Waals surface area contributed by atoms with Crippen molar-refractivity contribution in [1.82, 2.24) is 4.31 Å². The Morgan fingerprint density at radius 1 is 1.19 bits per heavy atom. The van der Waals surface area contributed by atoms with Gasteiger partial charge in [0.15, 0.2) is 0 Å². The predicted molar refractivity (Wildman–Crippen MR) is 81.7 cm³/mol. The lowest BCUT2D eigenvalue weighted by Gasteiger charge is -2.35. The van der Waals surface area contributed by atoms with Gasteiger partial charge in [-0.05, 0) is 17.7 Å². The Hall–Kier alpha value is -1.86. The number of sulfonamides is 1. The summed E-state index contributed by atoms with van der Waals surface area (Å²) in [6, 6.07) is 7.49. The Labute approximate surface area is 124 Å². The summed E-state index contributed by atoms with van der Waals surface area (Å²) < 4.78 is 24.5. The van der Waals surface area contributed by atoms with Gasteiger partial charge in [-0.1, -0.05) is 18.2 Å². The molecule has 1 aromatic rings. The van der Waals surface area contributed by atoms with Crippen molar-refractivity contribution in [3.05, 3.63) is 35.9 Å². The Bertz CT molecular complexity index is 647. The molecule has 1 aliphatic rings. The van der Waals surface area contributed by atoms with Crippen LogP contribution in [0.25, 0.3) is 6.08 Å². The molecule has 0 aliphatic carbocycles. The smallest absolute Gasteiger partial charge is 0.328 e. The number of para-hydroxylation sites is 1. The van der Waals surface area contributed by atoms with Crippen LogP contribution in [0.3, 0.4) is 0 Å². The van der Waals surface area contributed by atoms with E-state index in [1.165, 1.54) is 10.6 Å². The van der Waals surface area contributed by atoms with Crippen LogP contribution in [-0.4, -0.2) is 56.2 Å². The minimum Gasteiger partial charge on any atom is -0.478 e. The lowest BCUT2D eigenvalue weighted by molar-refractivity contribution is -0.131. The van der Waals surface area contributed by atoms with Crippen LogP contribution in [0.1, 0.15) is 5.56 Å². The van der Waals surface area contributed by atoms with Crippen molar-refractivity contribution in [1.29, 1.82) is 0 Å². The average molecular weight is 310 g/mol. The molecule has 0 amide bonds. The van der Waals surface area contributed by atoms with Gasteiger partial charge in [0.1, 0.15) is 0 Å². The zero-order valence-electron chi connectivity index (χ0n) is 11.8. The van der Waals surface area contributed by atoms with Gasteiger partial charge in [0.2, 0.25) is 10.0 Å². The largest absolute Gasteiger partial charge is 0.478 e. The first-order valence-electron chi connectivity index (χ1n) is 6.58. The molecule has 1 aromatic carbocycles. The van der Waals surface area contributed by atoms with Crippen LogP contribution >= 0.6 is 0 Å². The number of piperazine rings is 1. The maximum absolute atomic E-state index is 11.5. The molecule has 0 radical (unpaired) electrons. The molecule has 0 saturated carbocycles. The second-order valence-corrected chi connectivity index (χ2v) is 6.86. The summed E-state index contributed by atoms with van der Waals surface area (Å²) in [5.41, 5.74) is 1.73. The maximum Gasteiger partial charge on any atom is 0.328 e. The third-order valence-corrected chi connectivity index (χ3v) is 4.69. The van der Waals surface area contributed by atoms with Crippen LogP contribution in [0.15, 0.2) is 30.3 Å². The van der Waals surface area contributed by atoms with Crippen molar-refractivity contribution >= 4 is 27.8 Å². The third-order valence-electron chi connectivity index (χ3n) is 3.39. The van der Waals surface area contributed by atoms with Crippen LogP contribution in [0.4, 0.5) is 5.69 Å². The number of aliphatic carboxylic acids is 1. The maximum atomic E-state index is 11.5. The van der Waals surface area contributed by atoms with Crippen molar-refractivity contribution in [2.75, 3.05) is 37.3 Å². The third kappa shape index (κ3) is 4.05. The second kappa shape index (κ2) is 6.28. The Balaban J connectivity index is 2.15. The lowest BCUT2D eigenvalue weighted by atomic mass is 10.1. The molecular formula is C14H18N2O4S. The standard InChI is InChI=1S/C14H18N2O4S/c1-21(19,20)16-10-8-15(9-11-16)13-5-3-2-4-12(13)6-7-14(17)18/h2-7H,8-11H2,1H3,(H,17,18).